The number of ketones is 2. The minimum atomic E-state index is -0.988. The Kier molecular flexibility index (Phi) is 5.02. The topological polar surface area (TPSA) is 89.1 Å². The molecule has 6 nitrogen and oxygen atoms in total. The molecule has 0 aliphatic heterocycles. The second-order valence-corrected chi connectivity index (χ2v) is 7.88. The Morgan fingerprint density at radius 3 is 2.53 bits per heavy atom. The Morgan fingerprint density at radius 2 is 1.83 bits per heavy atom. The summed E-state index contributed by atoms with van der Waals surface area (Å²) in [7, 11) is 0. The highest BCUT2D eigenvalue weighted by molar-refractivity contribution is 6.08. The Bertz CT molecular complexity index is 1210. The van der Waals surface area contributed by atoms with Gasteiger partial charge in [0.2, 0.25) is 5.78 Å². The number of ether oxygens (including phenoxy) is 1. The van der Waals surface area contributed by atoms with Gasteiger partial charge in [0.1, 0.15) is 0 Å². The lowest BCUT2D eigenvalue weighted by atomic mass is 10.0. The van der Waals surface area contributed by atoms with Crippen LogP contribution in [0.25, 0.3) is 10.9 Å². The summed E-state index contributed by atoms with van der Waals surface area (Å²) < 4.78 is 5.63. The van der Waals surface area contributed by atoms with Gasteiger partial charge in [-0.1, -0.05) is 18.2 Å². The van der Waals surface area contributed by atoms with Gasteiger partial charge in [-0.05, 0) is 64.2 Å². The summed E-state index contributed by atoms with van der Waals surface area (Å²) in [6, 6.07) is 7.50. The Balaban J connectivity index is 1.66. The van der Waals surface area contributed by atoms with Crippen LogP contribution in [0.15, 0.2) is 24.3 Å². The van der Waals surface area contributed by atoms with Crippen LogP contribution in [0.4, 0.5) is 0 Å². The number of carbonyl (C=O) groups is 3. The smallest absolute Gasteiger partial charge is 0.339 e. The van der Waals surface area contributed by atoms with Crippen LogP contribution in [0.2, 0.25) is 0 Å². The molecular formula is C24H24N2O4. The molecule has 1 aliphatic rings. The summed E-state index contributed by atoms with van der Waals surface area (Å²) in [4.78, 5) is 45.7. The number of benzene rings is 1. The number of Topliss-reactive ketones (excluding diaryl/α,β-unsaturated/α-hetero) is 2. The van der Waals surface area contributed by atoms with Gasteiger partial charge in [-0.3, -0.25) is 14.6 Å². The maximum atomic E-state index is 13.2. The fraction of sp³-hybridized carbons (Fsp3) is 0.333. The van der Waals surface area contributed by atoms with E-state index in [1.54, 1.807) is 20.8 Å². The number of aromatic nitrogens is 2. The number of rotatable bonds is 5. The Labute approximate surface area is 174 Å². The fourth-order valence-electron chi connectivity index (χ4n) is 4.44. The third kappa shape index (κ3) is 3.22. The average molecular weight is 404 g/mol. The van der Waals surface area contributed by atoms with E-state index in [1.165, 1.54) is 6.92 Å². The molecule has 0 spiro atoms. The van der Waals surface area contributed by atoms with E-state index >= 15 is 0 Å². The highest BCUT2D eigenvalue weighted by Crippen LogP contribution is 2.31. The largest absolute Gasteiger partial charge is 0.451 e. The van der Waals surface area contributed by atoms with Crippen LogP contribution in [0, 0.1) is 13.8 Å². The molecule has 0 saturated heterocycles. The number of H-pyrrole nitrogens is 1. The van der Waals surface area contributed by atoms with E-state index in [4.69, 9.17) is 4.74 Å². The molecule has 3 aromatic rings. The zero-order valence-electron chi connectivity index (χ0n) is 17.6. The molecule has 0 saturated carbocycles. The van der Waals surface area contributed by atoms with Crippen molar-refractivity contribution in [1.82, 2.24) is 9.97 Å². The minimum Gasteiger partial charge on any atom is -0.451 e. The van der Waals surface area contributed by atoms with Crippen molar-refractivity contribution in [3.63, 3.8) is 0 Å². The first-order chi connectivity index (χ1) is 14.3. The maximum Gasteiger partial charge on any atom is 0.339 e. The summed E-state index contributed by atoms with van der Waals surface area (Å²) in [6.07, 6.45) is 1.57. The quantitative estimate of drug-likeness (QED) is 0.506. The molecule has 2 aromatic heterocycles. The SMILES string of the molecule is CC(=O)c1c(C)[nH]c(C(=O)[C@H](C)OC(=O)c2c3c(nc4ccccc24)CCC3)c1C. The van der Waals surface area contributed by atoms with Crippen LogP contribution in [0.5, 0.6) is 0 Å². The first kappa shape index (κ1) is 20.0. The second kappa shape index (κ2) is 7.52. The van der Waals surface area contributed by atoms with E-state index < -0.39 is 12.1 Å². The number of fused-ring (bicyclic) bond motifs is 2. The Morgan fingerprint density at radius 1 is 1.10 bits per heavy atom. The molecule has 2 heterocycles. The lowest BCUT2D eigenvalue weighted by molar-refractivity contribution is 0.0317. The maximum absolute atomic E-state index is 13.2. The number of aromatic amines is 1. The summed E-state index contributed by atoms with van der Waals surface area (Å²) >= 11 is 0. The number of aryl methyl sites for hydroxylation is 2. The average Bonchev–Trinajstić information content (AvgIpc) is 3.28. The van der Waals surface area contributed by atoms with Crippen molar-refractivity contribution in [1.29, 1.82) is 0 Å². The predicted molar refractivity (Wildman–Crippen MR) is 113 cm³/mol. The summed E-state index contributed by atoms with van der Waals surface area (Å²) in [5, 5.41) is 0.744. The molecule has 0 bridgehead atoms. The van der Waals surface area contributed by atoms with Gasteiger partial charge in [-0.2, -0.15) is 0 Å². The van der Waals surface area contributed by atoms with E-state index in [0.29, 0.717) is 28.1 Å². The van der Waals surface area contributed by atoms with Crippen LogP contribution >= 0.6 is 0 Å². The van der Waals surface area contributed by atoms with E-state index in [1.807, 2.05) is 24.3 Å². The van der Waals surface area contributed by atoms with Crippen LogP contribution in [-0.2, 0) is 17.6 Å². The van der Waals surface area contributed by atoms with Crippen molar-refractivity contribution >= 4 is 28.4 Å². The van der Waals surface area contributed by atoms with Crippen LogP contribution in [-0.4, -0.2) is 33.6 Å². The number of hydrogen-bond acceptors (Lipinski definition) is 5. The molecule has 154 valence electrons. The number of pyridine rings is 1. The molecule has 1 atom stereocenters. The first-order valence-corrected chi connectivity index (χ1v) is 10.1. The van der Waals surface area contributed by atoms with Crippen molar-refractivity contribution in [3.8, 4) is 0 Å². The highest BCUT2D eigenvalue weighted by atomic mass is 16.5. The molecule has 0 fully saturated rings. The van der Waals surface area contributed by atoms with E-state index in [0.717, 1.165) is 41.4 Å². The van der Waals surface area contributed by atoms with Crippen LogP contribution in [0.1, 0.15) is 74.0 Å². The van der Waals surface area contributed by atoms with Crippen molar-refractivity contribution in [3.05, 3.63) is 63.6 Å². The van der Waals surface area contributed by atoms with Gasteiger partial charge >= 0.3 is 5.97 Å². The number of para-hydroxylation sites is 1. The number of esters is 1. The zero-order valence-corrected chi connectivity index (χ0v) is 17.6. The molecule has 1 aliphatic carbocycles. The molecule has 0 unspecified atom stereocenters. The van der Waals surface area contributed by atoms with Crippen molar-refractivity contribution in [2.45, 2.75) is 53.1 Å². The molecule has 1 aromatic carbocycles. The third-order valence-electron chi connectivity index (χ3n) is 5.81. The fourth-order valence-corrected chi connectivity index (χ4v) is 4.44. The molecular weight excluding hydrogens is 380 g/mol. The van der Waals surface area contributed by atoms with Gasteiger partial charge in [0.05, 0.1) is 16.8 Å². The predicted octanol–water partition coefficient (Wildman–Crippen LogP) is 4.30. The molecule has 1 N–H and O–H groups in total. The highest BCUT2D eigenvalue weighted by Gasteiger charge is 2.29. The zero-order chi connectivity index (χ0) is 21.6. The van der Waals surface area contributed by atoms with Crippen LogP contribution in [0.3, 0.4) is 0 Å². The molecule has 0 radical (unpaired) electrons. The molecule has 30 heavy (non-hydrogen) atoms. The first-order valence-electron chi connectivity index (χ1n) is 10.1. The van der Waals surface area contributed by atoms with Crippen LogP contribution < -0.4 is 0 Å². The van der Waals surface area contributed by atoms with E-state index in [2.05, 4.69) is 9.97 Å². The summed E-state index contributed by atoms with van der Waals surface area (Å²) in [6.45, 7) is 6.51. The van der Waals surface area contributed by atoms with Gasteiger partial charge in [0.15, 0.2) is 11.9 Å². The van der Waals surface area contributed by atoms with E-state index in [-0.39, 0.29) is 11.6 Å². The number of hydrogen-bond donors (Lipinski definition) is 1. The van der Waals surface area contributed by atoms with Gasteiger partial charge in [0, 0.05) is 22.3 Å². The lowest BCUT2D eigenvalue weighted by Crippen LogP contribution is -2.26. The standard InChI is InChI=1S/C24H24N2O4/c1-12-20(14(3)27)13(2)25-22(12)23(28)15(4)30-24(29)21-16-8-5-6-10-18(16)26-19-11-7-9-17(19)21/h5-6,8,10,15,25H,7,9,11H2,1-4H3/t15-/m0/s1. The minimum absolute atomic E-state index is 0.108. The summed E-state index contributed by atoms with van der Waals surface area (Å²) in [5.41, 5.74) is 5.16. The molecule has 6 heteroatoms. The number of nitrogens with zero attached hydrogens (tertiary/aromatic N) is 1. The summed E-state index contributed by atoms with van der Waals surface area (Å²) in [5.74, 6) is -0.976. The van der Waals surface area contributed by atoms with Gasteiger partial charge in [-0.15, -0.1) is 0 Å². The molecule has 0 amide bonds. The van der Waals surface area contributed by atoms with Crippen molar-refractivity contribution in [2.24, 2.45) is 0 Å². The van der Waals surface area contributed by atoms with Gasteiger partial charge < -0.3 is 9.72 Å². The van der Waals surface area contributed by atoms with Crippen molar-refractivity contribution < 1.29 is 19.1 Å². The number of carbonyl (C=O) groups excluding carboxylic acids is 3. The lowest BCUT2D eigenvalue weighted by Gasteiger charge is -2.16. The van der Waals surface area contributed by atoms with Crippen molar-refractivity contribution in [2.75, 3.05) is 0 Å². The van der Waals surface area contributed by atoms with Gasteiger partial charge in [0.25, 0.3) is 0 Å². The monoisotopic (exact) mass is 404 g/mol. The second-order valence-electron chi connectivity index (χ2n) is 7.88. The van der Waals surface area contributed by atoms with E-state index in [9.17, 15) is 14.4 Å². The normalized spacial score (nSPS) is 13.9. The van der Waals surface area contributed by atoms with Gasteiger partial charge in [-0.25, -0.2) is 4.79 Å². The third-order valence-corrected chi connectivity index (χ3v) is 5.81. The molecule has 4 rings (SSSR count). The Hall–Kier alpha value is -3.28. The number of nitrogens with one attached hydrogen (secondary N) is 1.